The van der Waals surface area contributed by atoms with Crippen molar-refractivity contribution in [2.45, 2.75) is 0 Å². The first-order valence-corrected chi connectivity index (χ1v) is 3.71. The zero-order valence-corrected chi connectivity index (χ0v) is 5.32. The molecule has 7 heavy (non-hydrogen) atoms. The average molecular weight is 131 g/mol. The number of hydrogen-bond acceptors (Lipinski definition) is 2. The fourth-order valence-corrected chi connectivity index (χ4v) is 0.949. The van der Waals surface area contributed by atoms with Crippen LogP contribution in [0.2, 0.25) is 0 Å². The Morgan fingerprint density at radius 3 is 2.14 bits per heavy atom. The van der Waals surface area contributed by atoms with Crippen LogP contribution in [0.15, 0.2) is 24.5 Å². The van der Waals surface area contributed by atoms with Crippen molar-refractivity contribution in [2.75, 3.05) is 0 Å². The fourth-order valence-electron chi connectivity index (χ4n) is 0.373. The van der Waals surface area contributed by atoms with Gasteiger partial charge in [-0.15, -0.1) is 0 Å². The van der Waals surface area contributed by atoms with Gasteiger partial charge in [0.05, 0.1) is 0 Å². The summed E-state index contributed by atoms with van der Waals surface area (Å²) in [7, 11) is 1.39. The molecule has 0 fully saturated rings. The summed E-state index contributed by atoms with van der Waals surface area (Å²) < 4.78 is 1.91. The van der Waals surface area contributed by atoms with Gasteiger partial charge in [-0.2, -0.15) is 0 Å². The summed E-state index contributed by atoms with van der Waals surface area (Å²) >= 11 is 3.96. The molecule has 1 nitrogen and oxygen atoms in total. The van der Waals surface area contributed by atoms with E-state index in [9.17, 15) is 0 Å². The number of thiol groups is 1. The van der Waals surface area contributed by atoms with Crippen LogP contribution < -0.4 is 0 Å². The van der Waals surface area contributed by atoms with E-state index in [-0.39, 0.29) is 0 Å². The van der Waals surface area contributed by atoms with Gasteiger partial charge in [-0.05, 0) is 12.1 Å². The number of rotatable bonds is 1. The molecule has 0 aromatic carbocycles. The summed E-state index contributed by atoms with van der Waals surface area (Å²) in [6, 6.07) is 3.92. The highest BCUT2D eigenvalue weighted by atomic mass is 33.1. The van der Waals surface area contributed by atoms with Crippen molar-refractivity contribution in [3.63, 3.8) is 0 Å². The maximum Gasteiger partial charge on any atom is 0.0221 e. The topological polar surface area (TPSA) is 4.93 Å². The first kappa shape index (κ1) is 5.12. The molecule has 1 aromatic rings. The second-order valence-electron chi connectivity index (χ2n) is 1.12. The van der Waals surface area contributed by atoms with Gasteiger partial charge in [0.25, 0.3) is 0 Å². The maximum atomic E-state index is 3.96. The number of nitrogens with zero attached hydrogens (tertiary/aromatic N) is 1. The zero-order chi connectivity index (χ0) is 5.11. The summed E-state index contributed by atoms with van der Waals surface area (Å²) in [6.45, 7) is 0. The molecule has 0 radical (unpaired) electrons. The smallest absolute Gasteiger partial charge is 0.0221 e. The Kier molecular flexibility index (Phi) is 1.70. The van der Waals surface area contributed by atoms with Gasteiger partial charge in [-0.1, -0.05) is 11.7 Å². The largest absolute Gasteiger partial charge is 0.290 e. The molecule has 0 aliphatic heterocycles. The van der Waals surface area contributed by atoms with Gasteiger partial charge >= 0.3 is 0 Å². The van der Waals surface area contributed by atoms with Crippen molar-refractivity contribution >= 4 is 22.6 Å². The van der Waals surface area contributed by atoms with Crippen LogP contribution >= 0.6 is 22.6 Å². The lowest BCUT2D eigenvalue weighted by Crippen LogP contribution is -1.68. The normalized spacial score (nSPS) is 9.29. The van der Waals surface area contributed by atoms with E-state index >= 15 is 0 Å². The van der Waals surface area contributed by atoms with Crippen LogP contribution in [0.3, 0.4) is 0 Å². The highest BCUT2D eigenvalue weighted by molar-refractivity contribution is 8.67. The van der Waals surface area contributed by atoms with Gasteiger partial charge in [0.2, 0.25) is 0 Å². The summed E-state index contributed by atoms with van der Waals surface area (Å²) in [4.78, 5) is 0. The van der Waals surface area contributed by atoms with Crippen LogP contribution in [-0.4, -0.2) is 3.97 Å². The first-order valence-electron chi connectivity index (χ1n) is 1.88. The zero-order valence-electron chi connectivity index (χ0n) is 3.61. The third-order valence-electron chi connectivity index (χ3n) is 0.671. The van der Waals surface area contributed by atoms with Crippen molar-refractivity contribution in [1.29, 1.82) is 0 Å². The summed E-state index contributed by atoms with van der Waals surface area (Å²) in [5.74, 6) is 0. The predicted octanol–water partition coefficient (Wildman–Crippen LogP) is 1.83. The van der Waals surface area contributed by atoms with E-state index in [0.717, 1.165) is 0 Å². The van der Waals surface area contributed by atoms with E-state index in [4.69, 9.17) is 0 Å². The van der Waals surface area contributed by atoms with E-state index in [0.29, 0.717) is 0 Å². The SMILES string of the molecule is SSn1cccc1. The molecule has 38 valence electrons. The Labute approximate surface area is 51.7 Å². The average Bonchev–Trinajstić information content (AvgIpc) is 2.14. The molecule has 0 saturated heterocycles. The van der Waals surface area contributed by atoms with E-state index < -0.39 is 0 Å². The van der Waals surface area contributed by atoms with Crippen molar-refractivity contribution in [3.05, 3.63) is 24.5 Å². The van der Waals surface area contributed by atoms with Gasteiger partial charge in [0.1, 0.15) is 0 Å². The van der Waals surface area contributed by atoms with Crippen molar-refractivity contribution < 1.29 is 0 Å². The van der Waals surface area contributed by atoms with Crippen LogP contribution in [0.4, 0.5) is 0 Å². The fraction of sp³-hybridized carbons (Fsp3) is 0. The molecule has 3 heteroatoms. The number of hydrogen-bond donors (Lipinski definition) is 1. The summed E-state index contributed by atoms with van der Waals surface area (Å²) in [6.07, 6.45) is 3.88. The van der Waals surface area contributed by atoms with E-state index in [1.807, 2.05) is 28.5 Å². The molecule has 1 heterocycles. The minimum atomic E-state index is 1.39. The second kappa shape index (κ2) is 2.33. The van der Waals surface area contributed by atoms with E-state index in [1.165, 1.54) is 11.0 Å². The molecule has 0 atom stereocenters. The van der Waals surface area contributed by atoms with Crippen LogP contribution in [0.1, 0.15) is 0 Å². The number of aromatic nitrogens is 1. The Bertz CT molecular complexity index is 124. The highest BCUT2D eigenvalue weighted by Gasteiger charge is 1.77. The lowest BCUT2D eigenvalue weighted by Gasteiger charge is -1.86. The molecule has 0 amide bonds. The second-order valence-corrected chi connectivity index (χ2v) is 2.20. The standard InChI is InChI=1S/C4H5NS2/c6-7-5-3-1-2-4-5/h1-4,6H. The molecule has 0 aliphatic rings. The minimum Gasteiger partial charge on any atom is -0.290 e. The van der Waals surface area contributed by atoms with Crippen molar-refractivity contribution in [2.24, 2.45) is 0 Å². The van der Waals surface area contributed by atoms with Crippen LogP contribution in [0, 0.1) is 0 Å². The van der Waals surface area contributed by atoms with Gasteiger partial charge in [0.15, 0.2) is 0 Å². The van der Waals surface area contributed by atoms with Gasteiger partial charge in [0, 0.05) is 23.4 Å². The highest BCUT2D eigenvalue weighted by Crippen LogP contribution is 2.08. The molecule has 0 N–H and O–H groups in total. The van der Waals surface area contributed by atoms with Gasteiger partial charge in [-0.25, -0.2) is 0 Å². The Balaban J connectivity index is 2.76. The molecule has 1 rings (SSSR count). The molecule has 0 bridgehead atoms. The Hall–Kier alpha value is -0.0200. The Morgan fingerprint density at radius 2 is 1.86 bits per heavy atom. The van der Waals surface area contributed by atoms with Crippen LogP contribution in [-0.2, 0) is 0 Å². The summed E-state index contributed by atoms with van der Waals surface area (Å²) in [5, 5.41) is 0. The van der Waals surface area contributed by atoms with Crippen molar-refractivity contribution in [1.82, 2.24) is 3.97 Å². The third-order valence-corrected chi connectivity index (χ3v) is 1.67. The van der Waals surface area contributed by atoms with Crippen LogP contribution in [0.5, 0.6) is 0 Å². The third kappa shape index (κ3) is 1.17. The molecule has 0 unspecified atom stereocenters. The molecule has 0 spiro atoms. The lowest BCUT2D eigenvalue weighted by atomic mass is 10.7. The molecular formula is C4H5NS2. The van der Waals surface area contributed by atoms with Crippen molar-refractivity contribution in [3.8, 4) is 0 Å². The molecule has 0 aliphatic carbocycles. The predicted molar refractivity (Wildman–Crippen MR) is 36.4 cm³/mol. The van der Waals surface area contributed by atoms with E-state index in [1.54, 1.807) is 0 Å². The van der Waals surface area contributed by atoms with Crippen LogP contribution in [0.25, 0.3) is 0 Å². The quantitative estimate of drug-likeness (QED) is 0.450. The summed E-state index contributed by atoms with van der Waals surface area (Å²) in [5.41, 5.74) is 0. The minimum absolute atomic E-state index is 1.39. The lowest BCUT2D eigenvalue weighted by molar-refractivity contribution is 1.30. The first-order chi connectivity index (χ1) is 3.43. The monoisotopic (exact) mass is 131 g/mol. The van der Waals surface area contributed by atoms with Gasteiger partial charge in [-0.3, -0.25) is 3.97 Å². The Morgan fingerprint density at radius 1 is 1.29 bits per heavy atom. The van der Waals surface area contributed by atoms with Gasteiger partial charge < -0.3 is 0 Å². The molecule has 0 saturated carbocycles. The molecule has 1 aromatic heterocycles. The maximum absolute atomic E-state index is 3.96. The molecular weight excluding hydrogens is 126 g/mol. The van der Waals surface area contributed by atoms with E-state index in [2.05, 4.69) is 11.7 Å².